The smallest absolute Gasteiger partial charge is 0.401 e. The van der Waals surface area contributed by atoms with Crippen molar-refractivity contribution in [2.24, 2.45) is 0 Å². The van der Waals surface area contributed by atoms with Crippen molar-refractivity contribution >= 4 is 17.9 Å². The van der Waals surface area contributed by atoms with E-state index in [1.807, 2.05) is 0 Å². The minimum Gasteiger partial charge on any atom is -0.401 e. The summed E-state index contributed by atoms with van der Waals surface area (Å²) in [6, 6.07) is 2.72. The first-order valence-corrected chi connectivity index (χ1v) is 5.59. The van der Waals surface area contributed by atoms with E-state index in [-0.39, 0.29) is 11.8 Å². The van der Waals surface area contributed by atoms with E-state index < -0.39 is 4.92 Å². The lowest BCUT2D eigenvalue weighted by atomic mass is 10.3. The first kappa shape index (κ1) is 12.3. The highest BCUT2D eigenvalue weighted by molar-refractivity contribution is 5.91. The van der Waals surface area contributed by atoms with Crippen LogP contribution in [0.15, 0.2) is 22.6 Å². The van der Waals surface area contributed by atoms with E-state index in [9.17, 15) is 14.9 Å². The van der Waals surface area contributed by atoms with E-state index in [4.69, 9.17) is 4.42 Å². The zero-order valence-corrected chi connectivity index (χ0v) is 9.67. The Labute approximate surface area is 103 Å². The topological polar surface area (TPSA) is 88.6 Å². The van der Waals surface area contributed by atoms with Crippen molar-refractivity contribution in [3.05, 3.63) is 34.1 Å². The van der Waals surface area contributed by atoms with E-state index in [2.05, 4.69) is 5.32 Å². The summed E-state index contributed by atoms with van der Waals surface area (Å²) < 4.78 is 4.91. The van der Waals surface area contributed by atoms with Gasteiger partial charge in [-0.15, -0.1) is 0 Å². The second-order valence-corrected chi connectivity index (χ2v) is 3.84. The maximum Gasteiger partial charge on any atom is 0.433 e. The van der Waals surface area contributed by atoms with Crippen LogP contribution in [0.3, 0.4) is 0 Å². The molecule has 1 saturated heterocycles. The molecule has 0 radical (unpaired) electrons. The molecule has 0 spiro atoms. The number of furan rings is 1. The van der Waals surface area contributed by atoms with Crippen LogP contribution < -0.4 is 5.32 Å². The van der Waals surface area contributed by atoms with Crippen LogP contribution in [0.1, 0.15) is 5.76 Å². The van der Waals surface area contributed by atoms with Crippen LogP contribution in [0.4, 0.5) is 5.88 Å². The van der Waals surface area contributed by atoms with Crippen LogP contribution in [0.25, 0.3) is 6.08 Å². The molecule has 18 heavy (non-hydrogen) atoms. The van der Waals surface area contributed by atoms with Crippen molar-refractivity contribution in [2.45, 2.75) is 0 Å². The summed E-state index contributed by atoms with van der Waals surface area (Å²) in [7, 11) is 0. The number of piperazine rings is 1. The van der Waals surface area contributed by atoms with Gasteiger partial charge in [0, 0.05) is 32.3 Å². The van der Waals surface area contributed by atoms with E-state index in [1.54, 1.807) is 4.90 Å². The van der Waals surface area contributed by atoms with Crippen LogP contribution >= 0.6 is 0 Å². The van der Waals surface area contributed by atoms with E-state index in [1.165, 1.54) is 24.3 Å². The van der Waals surface area contributed by atoms with Gasteiger partial charge in [-0.25, -0.2) is 0 Å². The fraction of sp³-hybridized carbons (Fsp3) is 0.364. The molecule has 7 nitrogen and oxygen atoms in total. The molecule has 0 aromatic carbocycles. The fourth-order valence-electron chi connectivity index (χ4n) is 1.67. The van der Waals surface area contributed by atoms with Gasteiger partial charge in [0.1, 0.15) is 10.7 Å². The Morgan fingerprint density at radius 3 is 2.78 bits per heavy atom. The van der Waals surface area contributed by atoms with Gasteiger partial charge in [0.25, 0.3) is 0 Å². The number of rotatable bonds is 3. The third-order valence-corrected chi connectivity index (χ3v) is 2.61. The predicted molar refractivity (Wildman–Crippen MR) is 63.8 cm³/mol. The largest absolute Gasteiger partial charge is 0.433 e. The summed E-state index contributed by atoms with van der Waals surface area (Å²) in [4.78, 5) is 23.3. The van der Waals surface area contributed by atoms with Crippen LogP contribution in [-0.2, 0) is 4.79 Å². The molecule has 1 aliphatic rings. The number of nitrogens with one attached hydrogen (secondary N) is 1. The molecule has 1 aromatic rings. The fourth-order valence-corrected chi connectivity index (χ4v) is 1.67. The summed E-state index contributed by atoms with van der Waals surface area (Å²) in [5, 5.41) is 13.6. The van der Waals surface area contributed by atoms with E-state index in [0.29, 0.717) is 18.8 Å². The molecule has 96 valence electrons. The maximum absolute atomic E-state index is 11.7. The SMILES string of the molecule is O=C(C=Cc1ccc([N+](=O)[O-])o1)N1CCNCC1. The molecular weight excluding hydrogens is 238 g/mol. The van der Waals surface area contributed by atoms with Gasteiger partial charge in [-0.05, 0) is 12.1 Å². The van der Waals surface area contributed by atoms with Gasteiger partial charge in [0.05, 0.1) is 6.07 Å². The number of carbonyl (C=O) groups excluding carboxylic acids is 1. The molecule has 1 aliphatic heterocycles. The number of carbonyl (C=O) groups is 1. The number of amides is 1. The molecule has 0 bridgehead atoms. The maximum atomic E-state index is 11.7. The van der Waals surface area contributed by atoms with Crippen molar-refractivity contribution in [1.82, 2.24) is 10.2 Å². The Kier molecular flexibility index (Phi) is 3.73. The number of hydrogen-bond acceptors (Lipinski definition) is 5. The van der Waals surface area contributed by atoms with Gasteiger partial charge in [0.2, 0.25) is 5.91 Å². The normalized spacial score (nSPS) is 16.1. The summed E-state index contributed by atoms with van der Waals surface area (Å²) >= 11 is 0. The Morgan fingerprint density at radius 2 is 2.17 bits per heavy atom. The molecule has 0 unspecified atom stereocenters. The highest BCUT2D eigenvalue weighted by Crippen LogP contribution is 2.16. The molecule has 1 aromatic heterocycles. The molecular formula is C11H13N3O4. The highest BCUT2D eigenvalue weighted by Gasteiger charge is 2.14. The quantitative estimate of drug-likeness (QED) is 0.483. The van der Waals surface area contributed by atoms with Gasteiger partial charge in [-0.3, -0.25) is 14.9 Å². The average Bonchev–Trinajstić information content (AvgIpc) is 2.86. The molecule has 0 saturated carbocycles. The molecule has 0 atom stereocenters. The molecule has 7 heteroatoms. The summed E-state index contributed by atoms with van der Waals surface area (Å²) in [6.45, 7) is 2.90. The average molecular weight is 251 g/mol. The van der Waals surface area contributed by atoms with Crippen LogP contribution in [0, 0.1) is 10.1 Å². The molecule has 1 amide bonds. The Morgan fingerprint density at radius 1 is 1.44 bits per heavy atom. The lowest BCUT2D eigenvalue weighted by Crippen LogP contribution is -2.45. The predicted octanol–water partition coefficient (Wildman–Crippen LogP) is 0.633. The van der Waals surface area contributed by atoms with Crippen LogP contribution in [0.5, 0.6) is 0 Å². The summed E-state index contributed by atoms with van der Waals surface area (Å²) in [6.07, 6.45) is 2.81. The summed E-state index contributed by atoms with van der Waals surface area (Å²) in [5.74, 6) is -0.148. The van der Waals surface area contributed by atoms with Crippen LogP contribution in [0.2, 0.25) is 0 Å². The zero-order chi connectivity index (χ0) is 13.0. The Balaban J connectivity index is 1.96. The third kappa shape index (κ3) is 2.95. The molecule has 1 N–H and O–H groups in total. The zero-order valence-electron chi connectivity index (χ0n) is 9.67. The second-order valence-electron chi connectivity index (χ2n) is 3.84. The van der Waals surface area contributed by atoms with Gasteiger partial charge in [0.15, 0.2) is 0 Å². The minimum atomic E-state index is -0.616. The number of nitrogens with zero attached hydrogens (tertiary/aromatic N) is 2. The third-order valence-electron chi connectivity index (χ3n) is 2.61. The van der Waals surface area contributed by atoms with Crippen LogP contribution in [-0.4, -0.2) is 41.9 Å². The minimum absolute atomic E-state index is 0.115. The standard InChI is InChI=1S/C11H13N3O4/c15-10(13-7-5-12-6-8-13)3-1-9-2-4-11(18-9)14(16)17/h1-4,12H,5-8H2. The lowest BCUT2D eigenvalue weighted by molar-refractivity contribution is -0.402. The van der Waals surface area contributed by atoms with E-state index >= 15 is 0 Å². The van der Waals surface area contributed by atoms with Crippen molar-refractivity contribution in [3.63, 3.8) is 0 Å². The molecule has 1 fully saturated rings. The number of hydrogen-bond donors (Lipinski definition) is 1. The Bertz CT molecular complexity index is 474. The van der Waals surface area contributed by atoms with E-state index in [0.717, 1.165) is 13.1 Å². The highest BCUT2D eigenvalue weighted by atomic mass is 16.6. The lowest BCUT2D eigenvalue weighted by Gasteiger charge is -2.26. The van der Waals surface area contributed by atoms with Crippen molar-refractivity contribution in [1.29, 1.82) is 0 Å². The molecule has 2 heterocycles. The summed E-state index contributed by atoms with van der Waals surface area (Å²) in [5.41, 5.74) is 0. The van der Waals surface area contributed by atoms with Crippen molar-refractivity contribution < 1.29 is 14.1 Å². The first-order chi connectivity index (χ1) is 8.66. The second kappa shape index (κ2) is 5.46. The Hall–Kier alpha value is -2.15. The van der Waals surface area contributed by atoms with Gasteiger partial charge < -0.3 is 14.6 Å². The van der Waals surface area contributed by atoms with Crippen molar-refractivity contribution in [3.8, 4) is 0 Å². The van der Waals surface area contributed by atoms with Crippen molar-refractivity contribution in [2.75, 3.05) is 26.2 Å². The molecule has 2 rings (SSSR count). The first-order valence-electron chi connectivity index (χ1n) is 5.59. The van der Waals surface area contributed by atoms with Gasteiger partial charge in [-0.1, -0.05) is 0 Å². The van der Waals surface area contributed by atoms with Gasteiger partial charge >= 0.3 is 5.88 Å². The number of nitro groups is 1. The molecule has 0 aliphatic carbocycles. The van der Waals surface area contributed by atoms with Gasteiger partial charge in [-0.2, -0.15) is 0 Å². The monoisotopic (exact) mass is 251 g/mol.